The maximum atomic E-state index is 13.7. The number of carbonyl (C=O) groups is 3. The lowest BCUT2D eigenvalue weighted by molar-refractivity contribution is -0.159. The van der Waals surface area contributed by atoms with Crippen LogP contribution in [0, 0.1) is 5.41 Å². The molecule has 0 aliphatic carbocycles. The number of nitrogens with zero attached hydrogens (tertiary/aromatic N) is 3. The predicted molar refractivity (Wildman–Crippen MR) is 159 cm³/mol. The Morgan fingerprint density at radius 3 is 2.36 bits per heavy atom. The van der Waals surface area contributed by atoms with E-state index in [1.165, 1.54) is 4.90 Å². The minimum Gasteiger partial charge on any atom is -0.449 e. The summed E-state index contributed by atoms with van der Waals surface area (Å²) in [5.74, 6) is -2.02. The van der Waals surface area contributed by atoms with Crippen molar-refractivity contribution in [3.8, 4) is 11.4 Å². The first-order chi connectivity index (χ1) is 21.2. The number of hydrogen-bond acceptors (Lipinski definition) is 8. The van der Waals surface area contributed by atoms with Crippen molar-refractivity contribution in [3.05, 3.63) is 71.6 Å². The summed E-state index contributed by atoms with van der Waals surface area (Å²) in [5, 5.41) is 9.36. The first-order valence-corrected chi connectivity index (χ1v) is 14.6. The number of piperidine rings is 1. The van der Waals surface area contributed by atoms with Crippen molar-refractivity contribution in [1.82, 2.24) is 25.7 Å². The number of hydrogen-bond donors (Lipinski definition) is 2. The summed E-state index contributed by atoms with van der Waals surface area (Å²) < 4.78 is 48.1. The minimum absolute atomic E-state index is 0.0460. The van der Waals surface area contributed by atoms with Gasteiger partial charge in [0.15, 0.2) is 0 Å². The summed E-state index contributed by atoms with van der Waals surface area (Å²) in [6.07, 6.45) is -3.61. The Hall–Kier alpha value is -4.26. The van der Waals surface area contributed by atoms with Crippen molar-refractivity contribution in [2.45, 2.75) is 70.8 Å². The highest BCUT2D eigenvalue weighted by molar-refractivity contribution is 5.89. The fourth-order valence-corrected chi connectivity index (χ4v) is 5.00. The molecule has 4 rings (SSSR count). The van der Waals surface area contributed by atoms with E-state index in [0.717, 1.165) is 11.1 Å². The number of halogens is 3. The summed E-state index contributed by atoms with van der Waals surface area (Å²) in [6, 6.07) is 15.4. The van der Waals surface area contributed by atoms with Crippen LogP contribution in [0.4, 0.5) is 18.0 Å². The third-order valence-electron chi connectivity index (χ3n) is 7.41. The van der Waals surface area contributed by atoms with E-state index in [0.29, 0.717) is 37.8 Å². The zero-order valence-corrected chi connectivity index (χ0v) is 25.7. The molecule has 1 fully saturated rings. The number of aldehydes is 1. The topological polar surface area (TPSA) is 127 Å². The molecule has 2 aromatic carbocycles. The van der Waals surface area contributed by atoms with E-state index in [-0.39, 0.29) is 30.3 Å². The van der Waals surface area contributed by atoms with Crippen LogP contribution in [0.3, 0.4) is 0 Å². The second kappa shape index (κ2) is 13.8. The highest BCUT2D eigenvalue weighted by Crippen LogP contribution is 2.33. The molecule has 2 heterocycles. The van der Waals surface area contributed by atoms with Crippen LogP contribution in [0.1, 0.15) is 63.5 Å². The second-order valence-electron chi connectivity index (χ2n) is 12.7. The van der Waals surface area contributed by atoms with Gasteiger partial charge in [0, 0.05) is 25.2 Å². The van der Waals surface area contributed by atoms with Gasteiger partial charge in [0.05, 0.1) is 6.61 Å². The van der Waals surface area contributed by atoms with Crippen LogP contribution in [-0.4, -0.2) is 64.6 Å². The maximum Gasteiger partial charge on any atom is 0.471 e. The van der Waals surface area contributed by atoms with Gasteiger partial charge in [0.2, 0.25) is 11.7 Å². The van der Waals surface area contributed by atoms with Gasteiger partial charge in [-0.1, -0.05) is 80.5 Å². The van der Waals surface area contributed by atoms with Crippen LogP contribution in [-0.2, 0) is 27.0 Å². The lowest BCUT2D eigenvalue weighted by atomic mass is 9.85. The lowest BCUT2D eigenvalue weighted by Crippen LogP contribution is -2.60. The molecule has 0 radical (unpaired) electrons. The second-order valence-corrected chi connectivity index (χ2v) is 12.7. The summed E-state index contributed by atoms with van der Waals surface area (Å²) in [4.78, 5) is 43.8. The Morgan fingerprint density at radius 1 is 1.07 bits per heavy atom. The molecule has 0 unspecified atom stereocenters. The van der Waals surface area contributed by atoms with Crippen LogP contribution in [0.15, 0.2) is 59.1 Å². The maximum absolute atomic E-state index is 13.7. The van der Waals surface area contributed by atoms with Crippen molar-refractivity contribution in [2.75, 3.05) is 19.7 Å². The third kappa shape index (κ3) is 9.13. The van der Waals surface area contributed by atoms with E-state index in [4.69, 9.17) is 4.74 Å². The zero-order chi connectivity index (χ0) is 32.8. The van der Waals surface area contributed by atoms with Crippen molar-refractivity contribution < 1.29 is 36.8 Å². The first kappa shape index (κ1) is 33.6. The number of benzene rings is 2. The summed E-state index contributed by atoms with van der Waals surface area (Å²) in [7, 11) is 0. The van der Waals surface area contributed by atoms with Crippen molar-refractivity contribution in [2.24, 2.45) is 5.41 Å². The molecule has 1 saturated heterocycles. The molecule has 1 aromatic heterocycles. The van der Waals surface area contributed by atoms with Gasteiger partial charge in [-0.2, -0.15) is 18.2 Å². The number of carbonyl (C=O) groups excluding carboxylic acids is 3. The molecule has 0 bridgehead atoms. The number of alkyl halides is 3. The molecule has 45 heavy (non-hydrogen) atoms. The Kier molecular flexibility index (Phi) is 10.3. The Bertz CT molecular complexity index is 1460. The fourth-order valence-electron chi connectivity index (χ4n) is 5.00. The van der Waals surface area contributed by atoms with Gasteiger partial charge in [0.1, 0.15) is 17.9 Å². The Balaban J connectivity index is 1.39. The van der Waals surface area contributed by atoms with Gasteiger partial charge in [-0.25, -0.2) is 4.79 Å². The van der Waals surface area contributed by atoms with E-state index in [1.807, 2.05) is 51.1 Å². The fraction of sp³-hybridized carbons (Fsp3) is 0.469. The Morgan fingerprint density at radius 2 is 1.76 bits per heavy atom. The smallest absolute Gasteiger partial charge is 0.449 e. The van der Waals surface area contributed by atoms with Crippen LogP contribution in [0.2, 0.25) is 0 Å². The van der Waals surface area contributed by atoms with Crippen molar-refractivity contribution in [3.63, 3.8) is 0 Å². The number of rotatable bonds is 10. The standard InChI is InChI=1S/C32H38F3N5O5/c1-30(2,3)20-44-29(43)40-15-14-24(22-8-6-5-7-9-22)16-25(40)27(42)38-31(4,19-41)18-36-17-21-10-12-23(13-11-21)26-37-28(45-39-26)32(33,34)35/h5-13,19,24-25,36H,14-18,20H2,1-4H3,(H,38,42)/t24-,25+,31+/m0/s1. The largest absolute Gasteiger partial charge is 0.471 e. The summed E-state index contributed by atoms with van der Waals surface area (Å²) >= 11 is 0. The molecular weight excluding hydrogens is 591 g/mol. The monoisotopic (exact) mass is 629 g/mol. The number of aromatic nitrogens is 2. The summed E-state index contributed by atoms with van der Waals surface area (Å²) in [6.45, 7) is 8.32. The van der Waals surface area contributed by atoms with Crippen molar-refractivity contribution in [1.29, 1.82) is 0 Å². The molecular formula is C32H38F3N5O5. The molecule has 13 heteroatoms. The van der Waals surface area contributed by atoms with E-state index in [1.54, 1.807) is 31.2 Å². The molecule has 1 aliphatic heterocycles. The van der Waals surface area contributed by atoms with E-state index < -0.39 is 35.6 Å². The van der Waals surface area contributed by atoms with E-state index >= 15 is 0 Å². The molecule has 10 nitrogen and oxygen atoms in total. The SMILES string of the molecule is CC(C)(C)COC(=O)N1CC[C@H](c2ccccc2)C[C@@H]1C(=O)N[C@@](C)(C=O)CNCc1ccc(-c2noc(C(F)(F)F)n2)cc1. The van der Waals surface area contributed by atoms with Gasteiger partial charge in [-0.15, -0.1) is 0 Å². The van der Waals surface area contributed by atoms with Gasteiger partial charge >= 0.3 is 18.2 Å². The molecule has 0 spiro atoms. The highest BCUT2D eigenvalue weighted by atomic mass is 19.4. The average molecular weight is 630 g/mol. The van der Waals surface area contributed by atoms with Crippen LogP contribution >= 0.6 is 0 Å². The van der Waals surface area contributed by atoms with E-state index in [9.17, 15) is 27.6 Å². The quantitative estimate of drug-likeness (QED) is 0.288. The average Bonchev–Trinajstić information content (AvgIpc) is 3.51. The molecule has 242 valence electrons. The van der Waals surface area contributed by atoms with Crippen molar-refractivity contribution >= 4 is 18.3 Å². The lowest BCUT2D eigenvalue weighted by Gasteiger charge is -2.39. The molecule has 2 amide bonds. The normalized spacial score (nSPS) is 18.6. The molecule has 3 atom stereocenters. The van der Waals surface area contributed by atoms with Gasteiger partial charge in [-0.05, 0) is 42.2 Å². The number of ether oxygens (including phenoxy) is 1. The molecule has 0 saturated carbocycles. The van der Waals surface area contributed by atoms with Crippen LogP contribution < -0.4 is 10.6 Å². The van der Waals surface area contributed by atoms with Gasteiger partial charge in [0.25, 0.3) is 0 Å². The third-order valence-corrected chi connectivity index (χ3v) is 7.41. The van der Waals surface area contributed by atoms with Gasteiger partial charge in [-0.3, -0.25) is 9.69 Å². The van der Waals surface area contributed by atoms with Crippen LogP contribution in [0.25, 0.3) is 11.4 Å². The first-order valence-electron chi connectivity index (χ1n) is 14.6. The summed E-state index contributed by atoms with van der Waals surface area (Å²) in [5.41, 5.74) is 0.639. The minimum atomic E-state index is -4.73. The van der Waals surface area contributed by atoms with Gasteiger partial charge < -0.3 is 24.7 Å². The number of amides is 2. The van der Waals surface area contributed by atoms with E-state index in [2.05, 4.69) is 25.3 Å². The zero-order valence-electron chi connectivity index (χ0n) is 25.7. The highest BCUT2D eigenvalue weighted by Gasteiger charge is 2.40. The van der Waals surface area contributed by atoms with Crippen LogP contribution in [0.5, 0.6) is 0 Å². The molecule has 3 aromatic rings. The number of likely N-dealkylation sites (tertiary alicyclic amines) is 1. The predicted octanol–water partition coefficient (Wildman–Crippen LogP) is 5.35. The molecule has 1 aliphatic rings. The molecule has 2 N–H and O–H groups in total. The Labute approximate surface area is 259 Å². The number of nitrogens with one attached hydrogen (secondary N) is 2.